The highest BCUT2D eigenvalue weighted by molar-refractivity contribution is 5.49. The maximum absolute atomic E-state index is 11.2. The second kappa shape index (κ2) is 5.80. The van der Waals surface area contributed by atoms with E-state index in [0.717, 1.165) is 0 Å². The fraction of sp³-hybridized carbons (Fsp3) is 0.615. The Labute approximate surface area is 107 Å². The van der Waals surface area contributed by atoms with Crippen molar-refractivity contribution in [2.45, 2.75) is 46.5 Å². The van der Waals surface area contributed by atoms with Crippen molar-refractivity contribution >= 4 is 5.69 Å². The molecule has 1 rings (SSSR count). The van der Waals surface area contributed by atoms with E-state index in [4.69, 9.17) is 4.74 Å². The van der Waals surface area contributed by atoms with Crippen LogP contribution in [0.5, 0.6) is 5.88 Å². The van der Waals surface area contributed by atoms with Crippen molar-refractivity contribution in [2.75, 3.05) is 6.61 Å². The summed E-state index contributed by atoms with van der Waals surface area (Å²) in [7, 11) is 0. The second-order valence-corrected chi connectivity index (χ2v) is 4.78. The fourth-order valence-electron chi connectivity index (χ4n) is 1.82. The van der Waals surface area contributed by atoms with Gasteiger partial charge < -0.3 is 4.74 Å². The molecule has 0 spiro atoms. The van der Waals surface area contributed by atoms with Crippen LogP contribution in [0.1, 0.15) is 57.7 Å². The molecular formula is C13H20N2O3. The van der Waals surface area contributed by atoms with Crippen LogP contribution < -0.4 is 4.74 Å². The summed E-state index contributed by atoms with van der Waals surface area (Å²) in [6.45, 7) is 10.0. The predicted octanol–water partition coefficient (Wildman–Crippen LogP) is 3.64. The van der Waals surface area contributed by atoms with Gasteiger partial charge in [0.15, 0.2) is 0 Å². The molecule has 0 bridgehead atoms. The van der Waals surface area contributed by atoms with Gasteiger partial charge >= 0.3 is 0 Å². The Morgan fingerprint density at radius 3 is 2.33 bits per heavy atom. The molecule has 1 aromatic rings. The number of nitro groups is 1. The minimum absolute atomic E-state index is 0.0108. The molecule has 0 radical (unpaired) electrons. The summed E-state index contributed by atoms with van der Waals surface area (Å²) in [5.41, 5.74) is 1.31. The molecular weight excluding hydrogens is 232 g/mol. The minimum atomic E-state index is -0.340. The van der Waals surface area contributed by atoms with Gasteiger partial charge in [0.1, 0.15) is 5.69 Å². The van der Waals surface area contributed by atoms with E-state index in [1.54, 1.807) is 6.07 Å². The third-order valence-corrected chi connectivity index (χ3v) is 2.67. The summed E-state index contributed by atoms with van der Waals surface area (Å²) in [4.78, 5) is 15.2. The van der Waals surface area contributed by atoms with E-state index in [9.17, 15) is 10.1 Å². The van der Waals surface area contributed by atoms with Crippen LogP contribution in [0.2, 0.25) is 0 Å². The zero-order valence-electron chi connectivity index (χ0n) is 11.6. The average Bonchev–Trinajstić information content (AvgIpc) is 2.27. The molecule has 0 saturated heterocycles. The van der Waals surface area contributed by atoms with Gasteiger partial charge in [0.2, 0.25) is 5.88 Å². The van der Waals surface area contributed by atoms with Crippen LogP contribution in [-0.4, -0.2) is 16.5 Å². The highest BCUT2D eigenvalue weighted by atomic mass is 16.6. The normalized spacial score (nSPS) is 11.1. The molecule has 0 fully saturated rings. The molecule has 0 unspecified atom stereocenters. The van der Waals surface area contributed by atoms with Crippen molar-refractivity contribution in [3.05, 3.63) is 27.4 Å². The molecule has 0 saturated carbocycles. The third-order valence-electron chi connectivity index (χ3n) is 2.67. The quantitative estimate of drug-likeness (QED) is 0.592. The van der Waals surface area contributed by atoms with Gasteiger partial charge in [-0.05, 0) is 12.8 Å². The van der Waals surface area contributed by atoms with Gasteiger partial charge in [0.25, 0.3) is 5.69 Å². The van der Waals surface area contributed by atoms with Crippen LogP contribution in [0.25, 0.3) is 0 Å². The molecule has 18 heavy (non-hydrogen) atoms. The maximum Gasteiger partial charge on any atom is 0.294 e. The summed E-state index contributed by atoms with van der Waals surface area (Å²) in [6.07, 6.45) is 0. The Bertz CT molecular complexity index is 413. The lowest BCUT2D eigenvalue weighted by Gasteiger charge is -2.14. The lowest BCUT2D eigenvalue weighted by Crippen LogP contribution is -2.08. The van der Waals surface area contributed by atoms with Crippen LogP contribution in [-0.2, 0) is 0 Å². The Morgan fingerprint density at radius 2 is 1.94 bits per heavy atom. The Balaban J connectivity index is 3.49. The van der Waals surface area contributed by atoms with Gasteiger partial charge in [-0.1, -0.05) is 27.7 Å². The van der Waals surface area contributed by atoms with Crippen molar-refractivity contribution < 1.29 is 9.66 Å². The van der Waals surface area contributed by atoms with E-state index in [-0.39, 0.29) is 22.4 Å². The molecule has 5 nitrogen and oxygen atoms in total. The number of hydrogen-bond donors (Lipinski definition) is 0. The largest absolute Gasteiger partial charge is 0.478 e. The van der Waals surface area contributed by atoms with Crippen LogP contribution in [0, 0.1) is 10.1 Å². The van der Waals surface area contributed by atoms with Gasteiger partial charge in [0, 0.05) is 17.5 Å². The number of rotatable bonds is 5. The maximum atomic E-state index is 11.2. The van der Waals surface area contributed by atoms with Gasteiger partial charge in [-0.2, -0.15) is 0 Å². The van der Waals surface area contributed by atoms with E-state index in [0.29, 0.717) is 23.7 Å². The number of ether oxygens (including phenoxy) is 1. The van der Waals surface area contributed by atoms with Crippen LogP contribution >= 0.6 is 0 Å². The predicted molar refractivity (Wildman–Crippen MR) is 70.2 cm³/mol. The topological polar surface area (TPSA) is 65.3 Å². The summed E-state index contributed by atoms with van der Waals surface area (Å²) in [6, 6.07) is 1.68. The van der Waals surface area contributed by atoms with Crippen molar-refractivity contribution in [3.8, 4) is 5.88 Å². The molecule has 0 aliphatic rings. The summed E-state index contributed by atoms with van der Waals surface area (Å²) in [5.74, 6) is 0.518. The van der Waals surface area contributed by atoms with Gasteiger partial charge in [-0.3, -0.25) is 10.1 Å². The van der Waals surface area contributed by atoms with Crippen molar-refractivity contribution in [3.63, 3.8) is 0 Å². The molecule has 0 aromatic carbocycles. The van der Waals surface area contributed by atoms with E-state index in [1.807, 2.05) is 34.6 Å². The molecule has 1 heterocycles. The highest BCUT2D eigenvalue weighted by Crippen LogP contribution is 2.35. The number of aromatic nitrogens is 1. The minimum Gasteiger partial charge on any atom is -0.478 e. The molecule has 5 heteroatoms. The smallest absolute Gasteiger partial charge is 0.294 e. The van der Waals surface area contributed by atoms with E-state index in [1.165, 1.54) is 0 Å². The molecule has 0 amide bonds. The molecule has 0 aliphatic heterocycles. The first-order valence-corrected chi connectivity index (χ1v) is 6.20. The third kappa shape index (κ3) is 2.97. The Hall–Kier alpha value is -1.65. The number of nitrogens with zero attached hydrogens (tertiary/aromatic N) is 2. The fourth-order valence-corrected chi connectivity index (χ4v) is 1.82. The van der Waals surface area contributed by atoms with E-state index in [2.05, 4.69) is 4.98 Å². The lowest BCUT2D eigenvalue weighted by atomic mass is 9.97. The van der Waals surface area contributed by atoms with Crippen molar-refractivity contribution in [1.82, 2.24) is 4.98 Å². The monoisotopic (exact) mass is 252 g/mol. The summed E-state index contributed by atoms with van der Waals surface area (Å²) >= 11 is 0. The zero-order chi connectivity index (χ0) is 13.9. The second-order valence-electron chi connectivity index (χ2n) is 4.78. The average molecular weight is 252 g/mol. The number of pyridine rings is 1. The molecule has 0 aliphatic carbocycles. The molecule has 0 N–H and O–H groups in total. The van der Waals surface area contributed by atoms with Crippen LogP contribution in [0.15, 0.2) is 6.07 Å². The van der Waals surface area contributed by atoms with Crippen molar-refractivity contribution in [1.29, 1.82) is 0 Å². The van der Waals surface area contributed by atoms with Crippen molar-refractivity contribution in [2.24, 2.45) is 0 Å². The van der Waals surface area contributed by atoms with E-state index >= 15 is 0 Å². The summed E-state index contributed by atoms with van der Waals surface area (Å²) in [5, 5.41) is 11.2. The Kier molecular flexibility index (Phi) is 4.64. The van der Waals surface area contributed by atoms with Gasteiger partial charge in [0.05, 0.1) is 11.5 Å². The Morgan fingerprint density at radius 1 is 1.33 bits per heavy atom. The highest BCUT2D eigenvalue weighted by Gasteiger charge is 2.26. The molecule has 1 aromatic heterocycles. The lowest BCUT2D eigenvalue weighted by molar-refractivity contribution is -0.386. The first-order valence-electron chi connectivity index (χ1n) is 6.20. The van der Waals surface area contributed by atoms with Crippen LogP contribution in [0.4, 0.5) is 5.69 Å². The van der Waals surface area contributed by atoms with Gasteiger partial charge in [-0.25, -0.2) is 4.98 Å². The number of hydrogen-bond acceptors (Lipinski definition) is 4. The zero-order valence-corrected chi connectivity index (χ0v) is 11.6. The molecule has 100 valence electrons. The first-order chi connectivity index (χ1) is 8.38. The standard InChI is InChI=1S/C13H20N2O3/c1-6-18-11-7-10(8(2)3)13(15(16)17)12(14-11)9(4)5/h7-9H,6H2,1-5H3. The molecule has 0 atom stereocenters. The SMILES string of the molecule is CCOc1cc(C(C)C)c([N+](=O)[O-])c(C(C)C)n1. The van der Waals surface area contributed by atoms with E-state index < -0.39 is 0 Å². The first kappa shape index (κ1) is 14.4. The summed E-state index contributed by atoms with van der Waals surface area (Å²) < 4.78 is 5.39. The van der Waals surface area contributed by atoms with Crippen LogP contribution in [0.3, 0.4) is 0 Å². The van der Waals surface area contributed by atoms with Gasteiger partial charge in [-0.15, -0.1) is 0 Å².